The van der Waals surface area contributed by atoms with Crippen LogP contribution in [0.1, 0.15) is 43.9 Å². The van der Waals surface area contributed by atoms with E-state index < -0.39 is 28.5 Å². The van der Waals surface area contributed by atoms with Crippen LogP contribution >= 0.6 is 0 Å². The van der Waals surface area contributed by atoms with Crippen molar-refractivity contribution in [2.45, 2.75) is 64.6 Å². The molecule has 0 saturated carbocycles. The third-order valence-corrected chi connectivity index (χ3v) is 9.17. The number of methoxy groups -OCH3 is 3. The molecule has 238 valence electrons. The Bertz CT molecular complexity index is 1540. The van der Waals surface area contributed by atoms with Crippen LogP contribution < -0.4 is 23.8 Å². The molecule has 0 radical (unpaired) electrons. The molecule has 0 heterocycles. The summed E-state index contributed by atoms with van der Waals surface area (Å²) in [5.74, 6) is 0.373. The van der Waals surface area contributed by atoms with Crippen LogP contribution in [0.5, 0.6) is 17.2 Å². The Kier molecular flexibility index (Phi) is 11.6. The highest BCUT2D eigenvalue weighted by molar-refractivity contribution is 7.92. The molecule has 0 aliphatic heterocycles. The summed E-state index contributed by atoms with van der Waals surface area (Å²) in [5.41, 5.74) is 2.74. The lowest BCUT2D eigenvalue weighted by Crippen LogP contribution is -2.52. The Morgan fingerprint density at radius 1 is 0.841 bits per heavy atom. The van der Waals surface area contributed by atoms with E-state index >= 15 is 0 Å². The third kappa shape index (κ3) is 8.22. The van der Waals surface area contributed by atoms with Gasteiger partial charge in [0.2, 0.25) is 11.8 Å². The fraction of sp³-hybridized carbons (Fsp3) is 0.394. The van der Waals surface area contributed by atoms with Crippen LogP contribution in [0.15, 0.2) is 65.6 Å². The highest BCUT2D eigenvalue weighted by Crippen LogP contribution is 2.33. The van der Waals surface area contributed by atoms with Gasteiger partial charge < -0.3 is 24.4 Å². The van der Waals surface area contributed by atoms with E-state index in [1.54, 1.807) is 50.4 Å². The van der Waals surface area contributed by atoms with Gasteiger partial charge in [0.05, 0.1) is 31.9 Å². The molecule has 11 heteroatoms. The zero-order valence-corrected chi connectivity index (χ0v) is 27.5. The molecule has 2 atom stereocenters. The summed E-state index contributed by atoms with van der Waals surface area (Å²) < 4.78 is 45.5. The first kappa shape index (κ1) is 34.2. The van der Waals surface area contributed by atoms with Crippen molar-refractivity contribution in [2.24, 2.45) is 0 Å². The van der Waals surface area contributed by atoms with E-state index in [-0.39, 0.29) is 29.1 Å². The molecular formula is C33H43N3O7S. The molecule has 2 amide bonds. The third-order valence-electron chi connectivity index (χ3n) is 7.40. The van der Waals surface area contributed by atoms with E-state index in [1.807, 2.05) is 33.8 Å². The van der Waals surface area contributed by atoms with E-state index in [1.165, 1.54) is 37.3 Å². The van der Waals surface area contributed by atoms with Crippen molar-refractivity contribution in [1.29, 1.82) is 0 Å². The molecular weight excluding hydrogens is 582 g/mol. The molecule has 10 nitrogen and oxygen atoms in total. The molecule has 3 aromatic carbocycles. The zero-order chi connectivity index (χ0) is 32.6. The first-order chi connectivity index (χ1) is 20.8. The van der Waals surface area contributed by atoms with Crippen molar-refractivity contribution in [3.63, 3.8) is 0 Å². The van der Waals surface area contributed by atoms with Crippen LogP contribution in [-0.4, -0.2) is 65.1 Å². The molecule has 1 N–H and O–H groups in total. The smallest absolute Gasteiger partial charge is 0.264 e. The fourth-order valence-corrected chi connectivity index (χ4v) is 6.12. The second kappa shape index (κ2) is 15.0. The zero-order valence-electron chi connectivity index (χ0n) is 26.7. The van der Waals surface area contributed by atoms with Gasteiger partial charge in [0.15, 0.2) is 11.5 Å². The van der Waals surface area contributed by atoms with Crippen LogP contribution in [0.4, 0.5) is 5.69 Å². The number of hydrogen-bond acceptors (Lipinski definition) is 7. The van der Waals surface area contributed by atoms with Crippen LogP contribution in [0.25, 0.3) is 0 Å². The number of benzene rings is 3. The van der Waals surface area contributed by atoms with Crippen LogP contribution in [0, 0.1) is 13.8 Å². The number of hydrogen-bond donors (Lipinski definition) is 1. The van der Waals surface area contributed by atoms with Gasteiger partial charge >= 0.3 is 0 Å². The van der Waals surface area contributed by atoms with E-state index in [2.05, 4.69) is 5.32 Å². The highest BCUT2D eigenvalue weighted by Gasteiger charge is 2.33. The van der Waals surface area contributed by atoms with Gasteiger partial charge in [-0.25, -0.2) is 8.42 Å². The first-order valence-corrected chi connectivity index (χ1v) is 15.8. The largest absolute Gasteiger partial charge is 0.497 e. The van der Waals surface area contributed by atoms with Gasteiger partial charge in [0.25, 0.3) is 10.0 Å². The second-order valence-corrected chi connectivity index (χ2v) is 12.6. The number of nitrogens with one attached hydrogen (secondary N) is 1. The summed E-state index contributed by atoms with van der Waals surface area (Å²) in [7, 11) is 0.151. The predicted octanol–water partition coefficient (Wildman–Crippen LogP) is 4.86. The van der Waals surface area contributed by atoms with Gasteiger partial charge in [-0.05, 0) is 87.2 Å². The van der Waals surface area contributed by atoms with Crippen LogP contribution in [0.2, 0.25) is 0 Å². The second-order valence-electron chi connectivity index (χ2n) is 10.7. The van der Waals surface area contributed by atoms with Gasteiger partial charge in [0.1, 0.15) is 18.3 Å². The average molecular weight is 626 g/mol. The summed E-state index contributed by atoms with van der Waals surface area (Å²) in [4.78, 5) is 28.8. The lowest BCUT2D eigenvalue weighted by molar-refractivity contribution is -0.139. The van der Waals surface area contributed by atoms with Crippen molar-refractivity contribution >= 4 is 27.5 Å². The van der Waals surface area contributed by atoms with E-state index in [0.29, 0.717) is 17.2 Å². The molecule has 0 spiro atoms. The number of carbonyl (C=O) groups is 2. The maximum Gasteiger partial charge on any atom is 0.264 e. The lowest BCUT2D eigenvalue weighted by Gasteiger charge is -2.32. The number of amides is 2. The number of sulfonamides is 1. The SMILES string of the molecule is CC[C@@H](C)NC(=O)[C@H](C)N(Cc1ccc(OC)cc1)C(=O)CN(c1cc(C)cc(C)c1)S(=O)(=O)c1ccc(OC)c(OC)c1. The number of nitrogens with zero attached hydrogens (tertiary/aromatic N) is 2. The molecule has 0 unspecified atom stereocenters. The summed E-state index contributed by atoms with van der Waals surface area (Å²) in [6.07, 6.45) is 0.717. The van der Waals surface area contributed by atoms with E-state index in [4.69, 9.17) is 14.2 Å². The van der Waals surface area contributed by atoms with Crippen molar-refractivity contribution in [1.82, 2.24) is 10.2 Å². The van der Waals surface area contributed by atoms with Crippen LogP contribution in [-0.2, 0) is 26.2 Å². The molecule has 0 aliphatic rings. The highest BCUT2D eigenvalue weighted by atomic mass is 32.2. The maximum absolute atomic E-state index is 14.3. The minimum Gasteiger partial charge on any atom is -0.497 e. The van der Waals surface area contributed by atoms with Crippen molar-refractivity contribution in [3.05, 3.63) is 77.4 Å². The average Bonchev–Trinajstić information content (AvgIpc) is 3.01. The number of aryl methyl sites for hydroxylation is 2. The fourth-order valence-electron chi connectivity index (χ4n) is 4.70. The number of anilines is 1. The first-order valence-electron chi connectivity index (χ1n) is 14.4. The Balaban J connectivity index is 2.10. The standard InChI is InChI=1S/C33H43N3O7S/c1-9-24(4)34-33(38)25(5)35(20-26-10-12-28(41-6)13-11-26)32(37)21-36(27-17-22(2)16-23(3)18-27)44(39,40)29-14-15-30(42-7)31(19-29)43-8/h10-19,24-25H,9,20-21H2,1-8H3,(H,34,38)/t24-,25+/m1/s1. The van der Waals surface area contributed by atoms with Gasteiger partial charge in [-0.3, -0.25) is 13.9 Å². The summed E-state index contributed by atoms with van der Waals surface area (Å²) >= 11 is 0. The number of ether oxygens (including phenoxy) is 3. The lowest BCUT2D eigenvalue weighted by atomic mass is 10.1. The Morgan fingerprint density at radius 3 is 2.00 bits per heavy atom. The van der Waals surface area contributed by atoms with Gasteiger partial charge in [-0.15, -0.1) is 0 Å². The summed E-state index contributed by atoms with van der Waals surface area (Å²) in [6, 6.07) is 15.8. The summed E-state index contributed by atoms with van der Waals surface area (Å²) in [5, 5.41) is 2.94. The minimum absolute atomic E-state index is 0.0774. The number of rotatable bonds is 14. The van der Waals surface area contributed by atoms with E-state index in [0.717, 1.165) is 27.4 Å². The molecule has 0 bridgehead atoms. The molecule has 44 heavy (non-hydrogen) atoms. The van der Waals surface area contributed by atoms with E-state index in [9.17, 15) is 18.0 Å². The summed E-state index contributed by atoms with van der Waals surface area (Å²) in [6.45, 7) is 8.73. The molecule has 0 saturated heterocycles. The van der Waals surface area contributed by atoms with Crippen molar-refractivity contribution < 1.29 is 32.2 Å². The molecule has 3 aromatic rings. The Labute approximate surface area is 261 Å². The van der Waals surface area contributed by atoms with Gasteiger partial charge in [-0.2, -0.15) is 0 Å². The molecule has 3 rings (SSSR count). The minimum atomic E-state index is -4.29. The van der Waals surface area contributed by atoms with Gasteiger partial charge in [0, 0.05) is 18.7 Å². The maximum atomic E-state index is 14.3. The number of carbonyl (C=O) groups excluding carboxylic acids is 2. The topological polar surface area (TPSA) is 114 Å². The molecule has 0 aromatic heterocycles. The Hall–Kier alpha value is -4.25. The van der Waals surface area contributed by atoms with Crippen molar-refractivity contribution in [3.8, 4) is 17.2 Å². The van der Waals surface area contributed by atoms with Crippen LogP contribution in [0.3, 0.4) is 0 Å². The quantitative estimate of drug-likeness (QED) is 0.272. The Morgan fingerprint density at radius 2 is 1.45 bits per heavy atom. The van der Waals surface area contributed by atoms with Gasteiger partial charge in [-0.1, -0.05) is 25.1 Å². The monoisotopic (exact) mass is 625 g/mol. The molecule has 0 fully saturated rings. The normalized spacial score (nSPS) is 12.5. The predicted molar refractivity (Wildman–Crippen MR) is 171 cm³/mol. The van der Waals surface area contributed by atoms with Crippen molar-refractivity contribution in [2.75, 3.05) is 32.2 Å². The molecule has 0 aliphatic carbocycles.